The Bertz CT molecular complexity index is 1610. The quantitative estimate of drug-likeness (QED) is 0.139. The van der Waals surface area contributed by atoms with Gasteiger partial charge in [0.05, 0.1) is 12.3 Å². The molecule has 44 heavy (non-hydrogen) atoms. The van der Waals surface area contributed by atoms with E-state index in [1.54, 1.807) is 25.3 Å². The van der Waals surface area contributed by atoms with Gasteiger partial charge in [-0.05, 0) is 79.3 Å². The van der Waals surface area contributed by atoms with Gasteiger partial charge in [0.25, 0.3) is 0 Å². The minimum absolute atomic E-state index is 0.0466. The number of thioether (sulfide) groups is 1. The second-order valence-corrected chi connectivity index (χ2v) is 10.7. The van der Waals surface area contributed by atoms with Crippen molar-refractivity contribution in [2.24, 2.45) is 4.99 Å². The summed E-state index contributed by atoms with van der Waals surface area (Å²) in [4.78, 5) is 21.3. The van der Waals surface area contributed by atoms with Gasteiger partial charge in [0, 0.05) is 24.0 Å². The number of carbonyl (C=O) groups excluding carboxylic acids is 1. The zero-order chi connectivity index (χ0) is 31.7. The summed E-state index contributed by atoms with van der Waals surface area (Å²) in [6, 6.07) is 15.9. The lowest BCUT2D eigenvalue weighted by atomic mass is 10.1. The number of methoxy groups -OCH3 is 1. The van der Waals surface area contributed by atoms with Crippen molar-refractivity contribution in [2.45, 2.75) is 40.3 Å². The summed E-state index contributed by atoms with van der Waals surface area (Å²) >= 11 is 1.41. The lowest BCUT2D eigenvalue weighted by molar-refractivity contribution is -0.274. The Morgan fingerprint density at radius 2 is 1.73 bits per heavy atom. The number of alkyl halides is 3. The maximum atomic E-state index is 12.8. The molecule has 232 valence electrons. The number of benzene rings is 3. The van der Waals surface area contributed by atoms with Crippen molar-refractivity contribution in [1.29, 1.82) is 0 Å². The lowest BCUT2D eigenvalue weighted by Gasteiger charge is -2.14. The molecule has 0 fully saturated rings. The third kappa shape index (κ3) is 9.47. The van der Waals surface area contributed by atoms with Gasteiger partial charge in [-0.1, -0.05) is 30.8 Å². The molecule has 1 aromatic heterocycles. The Morgan fingerprint density at radius 1 is 0.977 bits per heavy atom. The van der Waals surface area contributed by atoms with Crippen LogP contribution in [0.25, 0.3) is 5.69 Å². The number of amides is 2. The smallest absolute Gasteiger partial charge is 0.486 e. The maximum absolute atomic E-state index is 12.8. The summed E-state index contributed by atoms with van der Waals surface area (Å²) in [5, 5.41) is 10.8. The van der Waals surface area contributed by atoms with Gasteiger partial charge in [-0.3, -0.25) is 0 Å². The number of halogens is 3. The predicted octanol–water partition coefficient (Wildman–Crippen LogP) is 7.26. The van der Waals surface area contributed by atoms with E-state index in [-0.39, 0.29) is 12.4 Å². The fourth-order valence-electron chi connectivity index (χ4n) is 3.97. The van der Waals surface area contributed by atoms with Gasteiger partial charge in [0.15, 0.2) is 11.0 Å². The molecule has 0 saturated heterocycles. The number of aliphatic imine (C=N–C) groups is 1. The minimum Gasteiger partial charge on any atom is -0.486 e. The number of aromatic nitrogens is 3. The first-order chi connectivity index (χ1) is 21.0. The summed E-state index contributed by atoms with van der Waals surface area (Å²) < 4.78 is 53.6. The molecule has 0 bridgehead atoms. The summed E-state index contributed by atoms with van der Waals surface area (Å²) in [6.45, 7) is 6.26. The fourth-order valence-corrected chi connectivity index (χ4v) is 4.58. The number of hydrogen-bond donors (Lipinski definition) is 2. The molecule has 0 aliphatic heterocycles. The molecule has 4 aromatic rings. The number of amidine groups is 1. The maximum Gasteiger partial charge on any atom is 0.573 e. The van der Waals surface area contributed by atoms with Gasteiger partial charge in [-0.25, -0.2) is 14.5 Å². The molecule has 0 aliphatic rings. The molecule has 14 heteroatoms. The highest BCUT2D eigenvalue weighted by molar-refractivity contribution is 8.14. The van der Waals surface area contributed by atoms with Crippen LogP contribution in [-0.2, 0) is 18.0 Å². The van der Waals surface area contributed by atoms with Crippen molar-refractivity contribution in [2.75, 3.05) is 23.5 Å². The topological polar surface area (TPSA) is 112 Å². The number of hydrogen-bond acceptors (Lipinski definition) is 7. The largest absolute Gasteiger partial charge is 0.573 e. The summed E-state index contributed by atoms with van der Waals surface area (Å²) in [7, 11) is 1.63. The van der Waals surface area contributed by atoms with Crippen LogP contribution < -0.4 is 20.1 Å². The van der Waals surface area contributed by atoms with Crippen molar-refractivity contribution < 1.29 is 32.2 Å². The van der Waals surface area contributed by atoms with E-state index in [9.17, 15) is 18.0 Å². The van der Waals surface area contributed by atoms with Gasteiger partial charge in [0.2, 0.25) is 0 Å². The fraction of sp³-hybridized carbons (Fsp3) is 0.267. The summed E-state index contributed by atoms with van der Waals surface area (Å²) in [5.41, 5.74) is 4.66. The van der Waals surface area contributed by atoms with E-state index in [2.05, 4.69) is 30.4 Å². The third-order valence-electron chi connectivity index (χ3n) is 5.97. The standard InChI is InChI=1S/C30H31F3N6O4S/c1-5-44-29(36-26-14-19(2)6-7-21(26)16-41-4)37-28(40)35-25-13-12-24(15-20(25)3)42-17-27-34-18-39(38-27)22-8-10-23(11-9-22)43-30(31,32)33/h6-15,18H,5,16-17H2,1-4H3,(H2,35,36,37,40). The van der Waals surface area contributed by atoms with Crippen LogP contribution in [0.4, 0.5) is 29.3 Å². The number of nitrogens with zero attached hydrogens (tertiary/aromatic N) is 4. The normalized spacial score (nSPS) is 11.8. The molecule has 0 radical (unpaired) electrons. The molecule has 0 atom stereocenters. The van der Waals surface area contributed by atoms with Gasteiger partial charge >= 0.3 is 12.4 Å². The SMILES string of the molecule is CCS/C(=N\C(=O)Nc1ccc(OCc2ncn(-c3ccc(OC(F)(F)F)cc3)n2)cc1C)Nc1cc(C)ccc1COC. The van der Waals surface area contributed by atoms with Crippen LogP contribution in [0.15, 0.2) is 72.0 Å². The molecule has 0 saturated carbocycles. The average Bonchev–Trinajstić information content (AvgIpc) is 3.43. The van der Waals surface area contributed by atoms with Crippen LogP contribution >= 0.6 is 11.8 Å². The number of carbonyl (C=O) groups is 1. The first kappa shape index (κ1) is 32.4. The highest BCUT2D eigenvalue weighted by Crippen LogP contribution is 2.25. The van der Waals surface area contributed by atoms with Crippen LogP contribution in [0.5, 0.6) is 11.5 Å². The number of anilines is 2. The van der Waals surface area contributed by atoms with Crippen molar-refractivity contribution in [3.63, 3.8) is 0 Å². The monoisotopic (exact) mass is 628 g/mol. The van der Waals surface area contributed by atoms with E-state index in [0.29, 0.717) is 40.5 Å². The minimum atomic E-state index is -4.76. The van der Waals surface area contributed by atoms with Crippen LogP contribution in [0.3, 0.4) is 0 Å². The Labute approximate surface area is 256 Å². The summed E-state index contributed by atoms with van der Waals surface area (Å²) in [5.74, 6) is 1.28. The zero-order valence-corrected chi connectivity index (χ0v) is 25.3. The Morgan fingerprint density at radius 3 is 2.41 bits per heavy atom. The van der Waals surface area contributed by atoms with Crippen molar-refractivity contribution in [3.8, 4) is 17.2 Å². The van der Waals surface area contributed by atoms with E-state index in [1.165, 1.54) is 47.0 Å². The van der Waals surface area contributed by atoms with Crippen LogP contribution in [-0.4, -0.2) is 45.2 Å². The summed E-state index contributed by atoms with van der Waals surface area (Å²) in [6.07, 6.45) is -3.33. The molecule has 3 aromatic carbocycles. The number of urea groups is 1. The number of nitrogens with one attached hydrogen (secondary N) is 2. The molecule has 0 aliphatic carbocycles. The molecule has 0 spiro atoms. The third-order valence-corrected chi connectivity index (χ3v) is 6.73. The zero-order valence-electron chi connectivity index (χ0n) is 24.4. The van der Waals surface area contributed by atoms with Gasteiger partial charge in [-0.15, -0.1) is 18.3 Å². The molecular formula is C30H31F3N6O4S. The highest BCUT2D eigenvalue weighted by atomic mass is 32.2. The van der Waals surface area contributed by atoms with Crippen LogP contribution in [0, 0.1) is 13.8 Å². The van der Waals surface area contributed by atoms with Gasteiger partial charge in [0.1, 0.15) is 24.4 Å². The van der Waals surface area contributed by atoms with E-state index < -0.39 is 12.4 Å². The van der Waals surface area contributed by atoms with E-state index >= 15 is 0 Å². The van der Waals surface area contributed by atoms with E-state index in [0.717, 1.165) is 22.4 Å². The first-order valence-electron chi connectivity index (χ1n) is 13.4. The molecule has 2 N–H and O–H groups in total. The molecule has 10 nitrogen and oxygen atoms in total. The van der Waals surface area contributed by atoms with Crippen molar-refractivity contribution in [1.82, 2.24) is 14.8 Å². The second kappa shape index (κ2) is 14.8. The molecular weight excluding hydrogens is 597 g/mol. The van der Waals surface area contributed by atoms with Crippen molar-refractivity contribution in [3.05, 3.63) is 89.5 Å². The lowest BCUT2D eigenvalue weighted by Crippen LogP contribution is -2.17. The Kier molecular flexibility index (Phi) is 10.8. The number of ether oxygens (including phenoxy) is 3. The van der Waals surface area contributed by atoms with Crippen LogP contribution in [0.1, 0.15) is 29.4 Å². The molecule has 1 heterocycles. The highest BCUT2D eigenvalue weighted by Gasteiger charge is 2.31. The Hall–Kier alpha value is -4.56. The van der Waals surface area contributed by atoms with E-state index in [4.69, 9.17) is 9.47 Å². The number of aryl methyl sites for hydroxylation is 2. The number of rotatable bonds is 10. The second-order valence-electron chi connectivity index (χ2n) is 9.41. The van der Waals surface area contributed by atoms with E-state index in [1.807, 2.05) is 39.0 Å². The van der Waals surface area contributed by atoms with Gasteiger partial charge < -0.3 is 24.8 Å². The molecule has 0 unspecified atom stereocenters. The van der Waals surface area contributed by atoms with Crippen molar-refractivity contribution >= 4 is 34.3 Å². The molecule has 4 rings (SSSR count). The van der Waals surface area contributed by atoms with Gasteiger partial charge in [-0.2, -0.15) is 4.99 Å². The van der Waals surface area contributed by atoms with Crippen LogP contribution in [0.2, 0.25) is 0 Å². The molecule has 2 amide bonds. The predicted molar refractivity (Wildman–Crippen MR) is 164 cm³/mol. The Balaban J connectivity index is 1.36. The first-order valence-corrected chi connectivity index (χ1v) is 14.4. The average molecular weight is 629 g/mol.